The predicted octanol–water partition coefficient (Wildman–Crippen LogP) is 2.77. The maximum Gasteiger partial charge on any atom is 0.263 e. The molecular formula is C7H5F2O. The third-order valence-corrected chi connectivity index (χ3v) is 1.11. The number of hydrogen-bond donors (Lipinski definition) is 0. The molecule has 0 saturated carbocycles. The second-order valence-electron chi connectivity index (χ2n) is 1.87. The average Bonchev–Trinajstić information content (AvgIpc) is 1.88. The van der Waals surface area contributed by atoms with Crippen molar-refractivity contribution in [3.63, 3.8) is 0 Å². The van der Waals surface area contributed by atoms with E-state index in [0.717, 1.165) is 6.07 Å². The van der Waals surface area contributed by atoms with Gasteiger partial charge in [-0.15, -0.1) is 0 Å². The highest BCUT2D eigenvalue weighted by atomic mass is 19.3. The van der Waals surface area contributed by atoms with Crippen LogP contribution in [0.25, 0.3) is 0 Å². The van der Waals surface area contributed by atoms with Crippen LogP contribution in [0.1, 0.15) is 12.0 Å². The van der Waals surface area contributed by atoms with E-state index in [1.165, 1.54) is 18.2 Å². The summed E-state index contributed by atoms with van der Waals surface area (Å²) in [5.41, 5.74) is -0.215. The summed E-state index contributed by atoms with van der Waals surface area (Å²) in [7, 11) is 0. The molecule has 0 aliphatic heterocycles. The Balaban J connectivity index is 2.96. The van der Waals surface area contributed by atoms with E-state index in [-0.39, 0.29) is 11.3 Å². The number of hydrogen-bond acceptors (Lipinski definition) is 0. The Morgan fingerprint density at radius 2 is 2.00 bits per heavy atom. The number of halogens is 2. The van der Waals surface area contributed by atoms with Gasteiger partial charge < -0.3 is 0 Å². The van der Waals surface area contributed by atoms with Crippen LogP contribution in [0.2, 0.25) is 0 Å². The fourth-order valence-electron chi connectivity index (χ4n) is 0.650. The van der Waals surface area contributed by atoms with Crippen molar-refractivity contribution in [2.45, 2.75) is 6.43 Å². The molecule has 1 rings (SSSR count). The first-order valence-electron chi connectivity index (χ1n) is 2.75. The zero-order valence-corrected chi connectivity index (χ0v) is 5.05. The quantitative estimate of drug-likeness (QED) is 0.576. The lowest BCUT2D eigenvalue weighted by Gasteiger charge is -1.96. The first-order chi connectivity index (χ1) is 4.70. The van der Waals surface area contributed by atoms with E-state index in [2.05, 4.69) is 0 Å². The molecule has 3 heteroatoms. The van der Waals surface area contributed by atoms with Gasteiger partial charge in [0, 0.05) is 5.56 Å². The van der Waals surface area contributed by atoms with E-state index in [9.17, 15) is 13.9 Å². The zero-order valence-electron chi connectivity index (χ0n) is 5.05. The molecule has 1 aromatic carbocycles. The second kappa shape index (κ2) is 2.64. The molecule has 1 radical (unpaired) electrons. The summed E-state index contributed by atoms with van der Waals surface area (Å²) in [6.07, 6.45) is -2.55. The third kappa shape index (κ3) is 1.43. The van der Waals surface area contributed by atoms with Crippen molar-refractivity contribution in [1.82, 2.24) is 0 Å². The lowest BCUT2D eigenvalue weighted by Crippen LogP contribution is -1.80. The second-order valence-corrected chi connectivity index (χ2v) is 1.87. The average molecular weight is 143 g/mol. The van der Waals surface area contributed by atoms with Gasteiger partial charge in [-0.05, 0) is 12.1 Å². The summed E-state index contributed by atoms with van der Waals surface area (Å²) >= 11 is 0. The van der Waals surface area contributed by atoms with Gasteiger partial charge in [0.05, 0.1) is 0 Å². The van der Waals surface area contributed by atoms with Crippen LogP contribution in [-0.4, -0.2) is 0 Å². The molecule has 0 aliphatic rings. The van der Waals surface area contributed by atoms with Crippen LogP contribution >= 0.6 is 0 Å². The molecule has 53 valence electrons. The molecule has 0 aliphatic carbocycles. The predicted molar refractivity (Wildman–Crippen MR) is 31.5 cm³/mol. The molecule has 0 unspecified atom stereocenters. The number of alkyl halides is 2. The van der Waals surface area contributed by atoms with Crippen molar-refractivity contribution in [2.24, 2.45) is 0 Å². The summed E-state index contributed by atoms with van der Waals surface area (Å²) in [4.78, 5) is 0. The highest BCUT2D eigenvalue weighted by Gasteiger charge is 2.06. The molecule has 1 aromatic rings. The minimum Gasteiger partial charge on any atom is -0.290 e. The Bertz CT molecular complexity index is 223. The van der Waals surface area contributed by atoms with E-state index >= 15 is 0 Å². The van der Waals surface area contributed by atoms with Crippen LogP contribution in [-0.2, 0) is 5.11 Å². The molecule has 0 saturated heterocycles. The molecule has 1 nitrogen and oxygen atoms in total. The van der Waals surface area contributed by atoms with Crippen molar-refractivity contribution in [3.8, 4) is 5.75 Å². The monoisotopic (exact) mass is 143 g/mol. The van der Waals surface area contributed by atoms with Gasteiger partial charge in [0.15, 0.2) is 5.75 Å². The lowest BCUT2D eigenvalue weighted by atomic mass is 10.2. The molecule has 0 atom stereocenters. The van der Waals surface area contributed by atoms with Crippen molar-refractivity contribution < 1.29 is 13.9 Å². The van der Waals surface area contributed by atoms with E-state index in [1.54, 1.807) is 0 Å². The van der Waals surface area contributed by atoms with Crippen LogP contribution in [0.3, 0.4) is 0 Å². The third-order valence-electron chi connectivity index (χ3n) is 1.11. The van der Waals surface area contributed by atoms with Crippen molar-refractivity contribution >= 4 is 0 Å². The Hall–Kier alpha value is -1.12. The largest absolute Gasteiger partial charge is 0.290 e. The van der Waals surface area contributed by atoms with Crippen LogP contribution in [0, 0.1) is 0 Å². The topological polar surface area (TPSA) is 19.9 Å². The standard InChI is InChI=1S/C7H5F2O/c8-7(9)5-2-1-3-6(10)4-5/h1-4,7H. The minimum atomic E-state index is -2.55. The fraction of sp³-hybridized carbons (Fsp3) is 0.143. The Labute approximate surface area is 56.9 Å². The van der Waals surface area contributed by atoms with Gasteiger partial charge in [-0.2, -0.15) is 0 Å². The van der Waals surface area contributed by atoms with Crippen molar-refractivity contribution in [3.05, 3.63) is 29.8 Å². The smallest absolute Gasteiger partial charge is 0.263 e. The Morgan fingerprint density at radius 1 is 1.30 bits per heavy atom. The minimum absolute atomic E-state index is 0.215. The molecule has 0 spiro atoms. The summed E-state index contributed by atoms with van der Waals surface area (Å²) < 4.78 is 23.6. The van der Waals surface area contributed by atoms with Gasteiger partial charge in [-0.25, -0.2) is 8.78 Å². The molecule has 0 aromatic heterocycles. The van der Waals surface area contributed by atoms with Crippen molar-refractivity contribution in [1.29, 1.82) is 0 Å². The van der Waals surface area contributed by atoms with Crippen LogP contribution in [0.4, 0.5) is 8.78 Å². The van der Waals surface area contributed by atoms with Gasteiger partial charge in [-0.3, -0.25) is 5.11 Å². The number of benzene rings is 1. The van der Waals surface area contributed by atoms with Crippen LogP contribution in [0.15, 0.2) is 24.3 Å². The number of rotatable bonds is 1. The van der Waals surface area contributed by atoms with E-state index in [4.69, 9.17) is 0 Å². The van der Waals surface area contributed by atoms with Gasteiger partial charge in [0.25, 0.3) is 6.43 Å². The Kier molecular flexibility index (Phi) is 1.85. The zero-order chi connectivity index (χ0) is 7.56. The van der Waals surface area contributed by atoms with Gasteiger partial charge >= 0.3 is 0 Å². The molecular weight excluding hydrogens is 138 g/mol. The highest BCUT2D eigenvalue weighted by molar-refractivity contribution is 5.27. The van der Waals surface area contributed by atoms with Crippen molar-refractivity contribution in [2.75, 3.05) is 0 Å². The van der Waals surface area contributed by atoms with E-state index in [0.29, 0.717) is 0 Å². The lowest BCUT2D eigenvalue weighted by molar-refractivity contribution is 0.150. The van der Waals surface area contributed by atoms with Gasteiger partial charge in [0.2, 0.25) is 0 Å². The summed E-state index contributed by atoms with van der Waals surface area (Å²) in [5, 5.41) is 10.5. The normalized spacial score (nSPS) is 10.3. The molecule has 0 amide bonds. The molecule has 0 bridgehead atoms. The molecule has 0 fully saturated rings. The molecule has 10 heavy (non-hydrogen) atoms. The summed E-state index contributed by atoms with van der Waals surface area (Å²) in [5.74, 6) is -0.377. The SMILES string of the molecule is [O]c1cccc(C(F)F)c1. The highest BCUT2D eigenvalue weighted by Crippen LogP contribution is 2.21. The maximum absolute atomic E-state index is 11.8. The van der Waals surface area contributed by atoms with Gasteiger partial charge in [-0.1, -0.05) is 12.1 Å². The Morgan fingerprint density at radius 3 is 2.40 bits per heavy atom. The van der Waals surface area contributed by atoms with Crippen LogP contribution < -0.4 is 0 Å². The first-order valence-corrected chi connectivity index (χ1v) is 2.75. The van der Waals surface area contributed by atoms with E-state index in [1.807, 2.05) is 0 Å². The molecule has 0 heterocycles. The first kappa shape index (κ1) is 6.99. The molecule has 0 N–H and O–H groups in total. The fourth-order valence-corrected chi connectivity index (χ4v) is 0.650. The van der Waals surface area contributed by atoms with Gasteiger partial charge in [0.1, 0.15) is 0 Å². The van der Waals surface area contributed by atoms with E-state index < -0.39 is 6.43 Å². The van der Waals surface area contributed by atoms with Crippen LogP contribution in [0.5, 0.6) is 5.75 Å². The summed E-state index contributed by atoms with van der Waals surface area (Å²) in [6.45, 7) is 0. The summed E-state index contributed by atoms with van der Waals surface area (Å²) in [6, 6.07) is 4.73. The maximum atomic E-state index is 11.8.